The number of ether oxygens (including phenoxy) is 1. The first-order valence-corrected chi connectivity index (χ1v) is 4.18. The van der Waals surface area contributed by atoms with Crippen LogP contribution in [-0.4, -0.2) is 17.7 Å². The number of halogens is 2. The fourth-order valence-corrected chi connectivity index (χ4v) is 1.16. The zero-order valence-corrected chi connectivity index (χ0v) is 8.20. The molecule has 0 amide bonds. The number of carboxylic acid groups (broad SMARTS) is 1. The molecule has 16 heavy (non-hydrogen) atoms. The van der Waals surface area contributed by atoms with E-state index in [0.29, 0.717) is 5.56 Å². The topological polar surface area (TPSA) is 70.3 Å². The smallest absolute Gasteiger partial charge is 0.387 e. The highest BCUT2D eigenvalue weighted by Crippen LogP contribution is 2.24. The number of aromatic carboxylic acids is 1. The number of nitriles is 1. The second kappa shape index (κ2) is 4.57. The van der Waals surface area contributed by atoms with Crippen molar-refractivity contribution in [3.63, 3.8) is 0 Å². The third-order valence-electron chi connectivity index (χ3n) is 1.89. The number of aryl methyl sites for hydroxylation is 1. The van der Waals surface area contributed by atoms with Gasteiger partial charge >= 0.3 is 12.6 Å². The Hall–Kier alpha value is -2.16. The molecule has 0 saturated heterocycles. The standard InChI is InChI=1S/C10H7F2NO3/c1-5-2-8(16-10(11)12)7(9(14)15)3-6(5)4-13/h2-3,10H,1H3,(H,14,15). The van der Waals surface area contributed by atoms with Crippen molar-refractivity contribution < 1.29 is 23.4 Å². The van der Waals surface area contributed by atoms with Crippen molar-refractivity contribution in [2.24, 2.45) is 0 Å². The summed E-state index contributed by atoms with van der Waals surface area (Å²) in [5.41, 5.74) is 0.0321. The summed E-state index contributed by atoms with van der Waals surface area (Å²) in [5, 5.41) is 17.4. The second-order valence-electron chi connectivity index (χ2n) is 2.96. The minimum absolute atomic E-state index is 0.110. The number of hydrogen-bond acceptors (Lipinski definition) is 3. The first-order valence-electron chi connectivity index (χ1n) is 4.18. The van der Waals surface area contributed by atoms with E-state index in [2.05, 4.69) is 4.74 Å². The molecule has 0 aromatic heterocycles. The molecule has 0 fully saturated rings. The van der Waals surface area contributed by atoms with E-state index in [0.717, 1.165) is 12.1 Å². The van der Waals surface area contributed by atoms with Gasteiger partial charge in [-0.1, -0.05) is 0 Å². The Kier molecular flexibility index (Phi) is 3.40. The van der Waals surface area contributed by atoms with Crippen LogP contribution in [-0.2, 0) is 0 Å². The lowest BCUT2D eigenvalue weighted by atomic mass is 10.0. The number of hydrogen-bond donors (Lipinski definition) is 1. The van der Waals surface area contributed by atoms with Crippen LogP contribution < -0.4 is 4.74 Å². The van der Waals surface area contributed by atoms with Crippen molar-refractivity contribution in [1.82, 2.24) is 0 Å². The number of carbonyl (C=O) groups is 1. The second-order valence-corrected chi connectivity index (χ2v) is 2.96. The third-order valence-corrected chi connectivity index (χ3v) is 1.89. The number of rotatable bonds is 3. The van der Waals surface area contributed by atoms with Crippen LogP contribution in [0.1, 0.15) is 21.5 Å². The molecule has 0 aliphatic heterocycles. The Balaban J connectivity index is 3.31. The first-order chi connectivity index (χ1) is 7.45. The van der Waals surface area contributed by atoms with Gasteiger partial charge in [0.25, 0.3) is 0 Å². The molecule has 0 spiro atoms. The summed E-state index contributed by atoms with van der Waals surface area (Å²) in [5.74, 6) is -1.87. The van der Waals surface area contributed by atoms with Crippen molar-refractivity contribution in [2.75, 3.05) is 0 Å². The monoisotopic (exact) mass is 227 g/mol. The van der Waals surface area contributed by atoms with Crippen LogP contribution in [0.4, 0.5) is 8.78 Å². The summed E-state index contributed by atoms with van der Waals surface area (Å²) in [4.78, 5) is 10.7. The summed E-state index contributed by atoms with van der Waals surface area (Å²) in [6, 6.07) is 3.88. The quantitative estimate of drug-likeness (QED) is 0.858. The van der Waals surface area contributed by atoms with E-state index in [9.17, 15) is 13.6 Å². The maximum absolute atomic E-state index is 12.0. The van der Waals surface area contributed by atoms with E-state index in [1.165, 1.54) is 6.92 Å². The molecule has 84 valence electrons. The molecule has 0 heterocycles. The van der Waals surface area contributed by atoms with Crippen LogP contribution in [0.25, 0.3) is 0 Å². The summed E-state index contributed by atoms with van der Waals surface area (Å²) in [7, 11) is 0. The maximum atomic E-state index is 12.0. The molecule has 0 radical (unpaired) electrons. The molecular weight excluding hydrogens is 220 g/mol. The van der Waals surface area contributed by atoms with Crippen LogP contribution in [0.5, 0.6) is 5.75 Å². The molecule has 4 nitrogen and oxygen atoms in total. The fraction of sp³-hybridized carbons (Fsp3) is 0.200. The van der Waals surface area contributed by atoms with Gasteiger partial charge in [0.05, 0.1) is 11.6 Å². The Labute approximate surface area is 89.7 Å². The van der Waals surface area contributed by atoms with Crippen LogP contribution in [0, 0.1) is 18.3 Å². The lowest BCUT2D eigenvalue weighted by Crippen LogP contribution is -2.08. The molecule has 1 N–H and O–H groups in total. The van der Waals surface area contributed by atoms with Gasteiger partial charge in [-0.05, 0) is 24.6 Å². The lowest BCUT2D eigenvalue weighted by molar-refractivity contribution is -0.0503. The Morgan fingerprint density at radius 3 is 2.62 bits per heavy atom. The molecule has 0 saturated carbocycles. The normalized spacial score (nSPS) is 9.94. The number of nitrogens with zero attached hydrogens (tertiary/aromatic N) is 1. The van der Waals surface area contributed by atoms with Gasteiger partial charge in [-0.3, -0.25) is 0 Å². The van der Waals surface area contributed by atoms with Crippen LogP contribution in [0.3, 0.4) is 0 Å². The van der Waals surface area contributed by atoms with Crippen LogP contribution >= 0.6 is 0 Å². The molecule has 1 aromatic carbocycles. The highest BCUT2D eigenvalue weighted by Gasteiger charge is 2.17. The highest BCUT2D eigenvalue weighted by atomic mass is 19.3. The predicted octanol–water partition coefficient (Wildman–Crippen LogP) is 2.17. The van der Waals surface area contributed by atoms with Gasteiger partial charge in [-0.15, -0.1) is 0 Å². The van der Waals surface area contributed by atoms with Gasteiger partial charge in [-0.2, -0.15) is 14.0 Å². The summed E-state index contributed by atoms with van der Waals surface area (Å²) >= 11 is 0. The van der Waals surface area contributed by atoms with E-state index in [1.807, 2.05) is 0 Å². The molecule has 1 aromatic rings. The predicted molar refractivity (Wildman–Crippen MR) is 49.5 cm³/mol. The molecule has 6 heteroatoms. The van der Waals surface area contributed by atoms with Gasteiger partial charge in [0, 0.05) is 0 Å². The first kappa shape index (κ1) is 11.9. The Morgan fingerprint density at radius 1 is 1.56 bits per heavy atom. The molecule has 0 aliphatic rings. The number of benzene rings is 1. The highest BCUT2D eigenvalue weighted by molar-refractivity contribution is 5.91. The molecule has 0 atom stereocenters. The van der Waals surface area contributed by atoms with E-state index < -0.39 is 23.9 Å². The van der Waals surface area contributed by atoms with E-state index in [-0.39, 0.29) is 5.56 Å². The summed E-state index contributed by atoms with van der Waals surface area (Å²) in [6.07, 6.45) is 0. The van der Waals surface area contributed by atoms with Gasteiger partial charge in [-0.25, -0.2) is 4.79 Å². The van der Waals surface area contributed by atoms with Crippen molar-refractivity contribution in [3.8, 4) is 11.8 Å². The lowest BCUT2D eigenvalue weighted by Gasteiger charge is -2.09. The van der Waals surface area contributed by atoms with Gasteiger partial charge < -0.3 is 9.84 Å². The van der Waals surface area contributed by atoms with Crippen molar-refractivity contribution in [2.45, 2.75) is 13.5 Å². The van der Waals surface area contributed by atoms with Crippen molar-refractivity contribution in [1.29, 1.82) is 5.26 Å². The van der Waals surface area contributed by atoms with E-state index in [1.54, 1.807) is 6.07 Å². The summed E-state index contributed by atoms with van der Waals surface area (Å²) < 4.78 is 28.1. The average Bonchev–Trinajstić information content (AvgIpc) is 2.16. The molecule has 1 rings (SSSR count). The fourth-order valence-electron chi connectivity index (χ4n) is 1.16. The van der Waals surface area contributed by atoms with Crippen LogP contribution in [0.2, 0.25) is 0 Å². The summed E-state index contributed by atoms with van der Waals surface area (Å²) in [6.45, 7) is -1.60. The molecule has 0 aliphatic carbocycles. The number of alkyl halides is 2. The average molecular weight is 227 g/mol. The zero-order chi connectivity index (χ0) is 12.3. The minimum Gasteiger partial charge on any atom is -0.478 e. The van der Waals surface area contributed by atoms with Gasteiger partial charge in [0.1, 0.15) is 11.3 Å². The SMILES string of the molecule is Cc1cc(OC(F)F)c(C(=O)O)cc1C#N. The van der Waals surface area contributed by atoms with Crippen LogP contribution in [0.15, 0.2) is 12.1 Å². The van der Waals surface area contributed by atoms with E-state index in [4.69, 9.17) is 10.4 Å². The van der Waals surface area contributed by atoms with Crippen molar-refractivity contribution in [3.05, 3.63) is 28.8 Å². The van der Waals surface area contributed by atoms with Gasteiger partial charge in [0.2, 0.25) is 0 Å². The number of carboxylic acids is 1. The maximum Gasteiger partial charge on any atom is 0.387 e. The largest absolute Gasteiger partial charge is 0.478 e. The van der Waals surface area contributed by atoms with E-state index >= 15 is 0 Å². The minimum atomic E-state index is -3.11. The zero-order valence-electron chi connectivity index (χ0n) is 8.20. The van der Waals surface area contributed by atoms with Crippen molar-refractivity contribution >= 4 is 5.97 Å². The molecular formula is C10H7F2NO3. The molecule has 0 unspecified atom stereocenters. The third kappa shape index (κ3) is 2.45. The Bertz CT molecular complexity index is 466. The Morgan fingerprint density at radius 2 is 2.19 bits per heavy atom. The van der Waals surface area contributed by atoms with Gasteiger partial charge in [0.15, 0.2) is 0 Å². The molecule has 0 bridgehead atoms.